The second kappa shape index (κ2) is 19.1. The molecule has 0 aliphatic rings. The van der Waals surface area contributed by atoms with E-state index in [1.807, 2.05) is 86.9 Å². The van der Waals surface area contributed by atoms with E-state index in [0.29, 0.717) is 0 Å². The molecular formula is C40H48N2O4. The van der Waals surface area contributed by atoms with E-state index >= 15 is 0 Å². The van der Waals surface area contributed by atoms with Crippen LogP contribution in [0.1, 0.15) is 86.5 Å². The predicted octanol–water partition coefficient (Wildman–Crippen LogP) is 10.6. The van der Waals surface area contributed by atoms with Crippen molar-refractivity contribution in [2.45, 2.75) is 78.1 Å². The quantitative estimate of drug-likeness (QED) is 0.0807. The molecule has 0 saturated carbocycles. The van der Waals surface area contributed by atoms with Crippen LogP contribution in [0.2, 0.25) is 0 Å². The molecule has 0 atom stereocenters. The monoisotopic (exact) mass is 620 g/mol. The highest BCUT2D eigenvalue weighted by molar-refractivity contribution is 5.83. The number of nitrogens with zero attached hydrogens (tertiary/aromatic N) is 2. The molecule has 0 aromatic heterocycles. The van der Waals surface area contributed by atoms with E-state index in [4.69, 9.17) is 9.47 Å². The van der Waals surface area contributed by atoms with Gasteiger partial charge in [0, 0.05) is 12.4 Å². The van der Waals surface area contributed by atoms with Gasteiger partial charge in [0.15, 0.2) is 0 Å². The number of phenols is 2. The summed E-state index contributed by atoms with van der Waals surface area (Å²) in [6.45, 7) is 5.38. The number of benzene rings is 4. The van der Waals surface area contributed by atoms with Gasteiger partial charge >= 0.3 is 0 Å². The third kappa shape index (κ3) is 12.4. The van der Waals surface area contributed by atoms with Gasteiger partial charge in [-0.1, -0.05) is 51.4 Å². The van der Waals surface area contributed by atoms with Gasteiger partial charge in [-0.2, -0.15) is 0 Å². The first-order chi connectivity index (χ1) is 22.5. The number of aryl methyl sites for hydroxylation is 2. The molecule has 0 radical (unpaired) electrons. The summed E-state index contributed by atoms with van der Waals surface area (Å²) in [5.74, 6) is 2.30. The molecule has 46 heavy (non-hydrogen) atoms. The van der Waals surface area contributed by atoms with Crippen LogP contribution in [0.3, 0.4) is 0 Å². The fourth-order valence-corrected chi connectivity index (χ4v) is 5.16. The van der Waals surface area contributed by atoms with Gasteiger partial charge in [-0.25, -0.2) is 0 Å². The zero-order valence-electron chi connectivity index (χ0n) is 27.3. The Morgan fingerprint density at radius 1 is 0.478 bits per heavy atom. The highest BCUT2D eigenvalue weighted by Crippen LogP contribution is 2.24. The molecule has 4 aromatic carbocycles. The zero-order chi connectivity index (χ0) is 32.4. The fourth-order valence-electron chi connectivity index (χ4n) is 5.16. The lowest BCUT2D eigenvalue weighted by Gasteiger charge is -2.07. The van der Waals surface area contributed by atoms with Crippen LogP contribution in [-0.4, -0.2) is 35.9 Å². The van der Waals surface area contributed by atoms with E-state index < -0.39 is 0 Å². The highest BCUT2D eigenvalue weighted by Gasteiger charge is 2.01. The van der Waals surface area contributed by atoms with Gasteiger partial charge in [0.05, 0.1) is 24.6 Å². The standard InChI is InChI=1S/C40H48N2O4/c1-31-27-35(43)17-23-39(31)41-29-33-13-19-37(20-14-33)45-25-11-9-7-5-3-4-6-8-10-12-26-46-38-21-15-34(16-22-38)30-42-40-24-18-36(44)28-32(40)2/h13-24,27-30,43-44H,3-12,25-26H2,1-2H3. The summed E-state index contributed by atoms with van der Waals surface area (Å²) in [4.78, 5) is 9.05. The van der Waals surface area contributed by atoms with E-state index in [-0.39, 0.29) is 11.5 Å². The Bertz CT molecular complexity index is 1410. The van der Waals surface area contributed by atoms with Crippen molar-refractivity contribution in [1.82, 2.24) is 0 Å². The van der Waals surface area contributed by atoms with Gasteiger partial charge < -0.3 is 19.7 Å². The fraction of sp³-hybridized carbons (Fsp3) is 0.350. The van der Waals surface area contributed by atoms with Crippen LogP contribution in [0, 0.1) is 13.8 Å². The summed E-state index contributed by atoms with van der Waals surface area (Å²) < 4.78 is 11.8. The maximum Gasteiger partial charge on any atom is 0.119 e. The number of phenolic OH excluding ortho intramolecular Hbond substituents is 2. The molecule has 0 spiro atoms. The Morgan fingerprint density at radius 2 is 0.826 bits per heavy atom. The summed E-state index contributed by atoms with van der Waals surface area (Å²) in [6.07, 6.45) is 16.0. The van der Waals surface area contributed by atoms with Crippen LogP contribution in [0.25, 0.3) is 0 Å². The summed E-state index contributed by atoms with van der Waals surface area (Å²) >= 11 is 0. The molecule has 0 aliphatic carbocycles. The normalized spacial score (nSPS) is 11.4. The lowest BCUT2D eigenvalue weighted by molar-refractivity contribution is 0.303. The molecule has 6 heteroatoms. The van der Waals surface area contributed by atoms with E-state index in [0.717, 1.165) is 71.2 Å². The van der Waals surface area contributed by atoms with Crippen LogP contribution in [0.15, 0.2) is 94.9 Å². The van der Waals surface area contributed by atoms with Gasteiger partial charge in [0.25, 0.3) is 0 Å². The molecule has 0 amide bonds. The van der Waals surface area contributed by atoms with E-state index in [2.05, 4.69) is 9.98 Å². The van der Waals surface area contributed by atoms with Crippen molar-refractivity contribution in [3.05, 3.63) is 107 Å². The first-order valence-corrected chi connectivity index (χ1v) is 16.6. The van der Waals surface area contributed by atoms with E-state index in [1.165, 1.54) is 51.4 Å². The largest absolute Gasteiger partial charge is 0.508 e. The van der Waals surface area contributed by atoms with Crippen LogP contribution in [-0.2, 0) is 0 Å². The van der Waals surface area contributed by atoms with Crippen molar-refractivity contribution in [1.29, 1.82) is 0 Å². The molecule has 4 rings (SSSR count). The molecule has 242 valence electrons. The van der Waals surface area contributed by atoms with Gasteiger partial charge in [-0.15, -0.1) is 0 Å². The summed E-state index contributed by atoms with van der Waals surface area (Å²) in [5.41, 5.74) is 5.62. The summed E-state index contributed by atoms with van der Waals surface area (Å²) in [7, 11) is 0. The number of hydrogen-bond acceptors (Lipinski definition) is 6. The van der Waals surface area contributed by atoms with E-state index in [1.54, 1.807) is 24.3 Å². The molecule has 0 heterocycles. The molecule has 0 bridgehead atoms. The molecule has 0 aliphatic heterocycles. The molecule has 0 unspecified atom stereocenters. The number of hydrogen-bond donors (Lipinski definition) is 2. The Kier molecular flexibility index (Phi) is 14.2. The van der Waals surface area contributed by atoms with Gasteiger partial charge in [0.2, 0.25) is 0 Å². The minimum absolute atomic E-state index is 0.258. The predicted molar refractivity (Wildman–Crippen MR) is 190 cm³/mol. The van der Waals surface area contributed by atoms with Crippen LogP contribution in [0.5, 0.6) is 23.0 Å². The lowest BCUT2D eigenvalue weighted by Crippen LogP contribution is -1.97. The third-order valence-corrected chi connectivity index (χ3v) is 7.90. The van der Waals surface area contributed by atoms with Gasteiger partial charge in [0.1, 0.15) is 23.0 Å². The number of rotatable bonds is 19. The first-order valence-electron chi connectivity index (χ1n) is 16.6. The van der Waals surface area contributed by atoms with Crippen molar-refractivity contribution in [3.63, 3.8) is 0 Å². The third-order valence-electron chi connectivity index (χ3n) is 7.90. The van der Waals surface area contributed by atoms with Crippen molar-refractivity contribution in [2.24, 2.45) is 9.98 Å². The topological polar surface area (TPSA) is 83.6 Å². The number of aromatic hydroxyl groups is 2. The minimum atomic E-state index is 0.258. The summed E-state index contributed by atoms with van der Waals surface area (Å²) in [6, 6.07) is 26.4. The maximum atomic E-state index is 9.54. The van der Waals surface area contributed by atoms with Crippen LogP contribution in [0.4, 0.5) is 11.4 Å². The Balaban J connectivity index is 0.952. The Hall–Kier alpha value is -4.58. The Morgan fingerprint density at radius 3 is 1.17 bits per heavy atom. The van der Waals surface area contributed by atoms with Gasteiger partial charge in [-0.3, -0.25) is 9.98 Å². The average molecular weight is 621 g/mol. The Labute approximate surface area is 274 Å². The second-order valence-electron chi connectivity index (χ2n) is 11.8. The van der Waals surface area contributed by atoms with E-state index in [9.17, 15) is 10.2 Å². The minimum Gasteiger partial charge on any atom is -0.508 e. The van der Waals surface area contributed by atoms with Crippen LogP contribution >= 0.6 is 0 Å². The van der Waals surface area contributed by atoms with Crippen molar-refractivity contribution >= 4 is 23.8 Å². The van der Waals surface area contributed by atoms with Crippen molar-refractivity contribution in [3.8, 4) is 23.0 Å². The molecule has 2 N–H and O–H groups in total. The second-order valence-corrected chi connectivity index (χ2v) is 11.8. The lowest BCUT2D eigenvalue weighted by atomic mass is 10.1. The van der Waals surface area contributed by atoms with Crippen molar-refractivity contribution in [2.75, 3.05) is 13.2 Å². The van der Waals surface area contributed by atoms with Gasteiger partial charge in [-0.05, 0) is 134 Å². The highest BCUT2D eigenvalue weighted by atomic mass is 16.5. The zero-order valence-corrected chi connectivity index (χ0v) is 27.3. The molecule has 4 aromatic rings. The number of ether oxygens (including phenoxy) is 2. The SMILES string of the molecule is Cc1cc(O)ccc1N=Cc1ccc(OCCCCCCCCCCCCOc2ccc(C=Nc3ccc(O)cc3C)cc2)cc1. The molecule has 6 nitrogen and oxygen atoms in total. The smallest absolute Gasteiger partial charge is 0.119 e. The molecule has 0 fully saturated rings. The maximum absolute atomic E-state index is 9.54. The number of aliphatic imine (C=N–C) groups is 2. The number of unbranched alkanes of at least 4 members (excludes halogenated alkanes) is 9. The van der Waals surface area contributed by atoms with Crippen LogP contribution < -0.4 is 9.47 Å². The summed E-state index contributed by atoms with van der Waals surface area (Å²) in [5, 5.41) is 19.1. The average Bonchev–Trinajstić information content (AvgIpc) is 3.05. The molecular weight excluding hydrogens is 572 g/mol. The first kappa shape index (κ1) is 34.3. The molecule has 0 saturated heterocycles. The van der Waals surface area contributed by atoms with Crippen molar-refractivity contribution < 1.29 is 19.7 Å².